The molecule has 0 radical (unpaired) electrons. The Labute approximate surface area is 156 Å². The smallest absolute Gasteiger partial charge is 0.349 e. The summed E-state index contributed by atoms with van der Waals surface area (Å²) in [4.78, 5) is 36.1. The molecule has 0 fully saturated rings. The summed E-state index contributed by atoms with van der Waals surface area (Å²) < 4.78 is 47.8. The van der Waals surface area contributed by atoms with Crippen molar-refractivity contribution in [3.05, 3.63) is 34.9 Å². The van der Waals surface area contributed by atoms with E-state index >= 15 is 0 Å². The van der Waals surface area contributed by atoms with Crippen molar-refractivity contribution in [2.75, 3.05) is 27.6 Å². The molecule has 0 saturated carbocycles. The van der Waals surface area contributed by atoms with E-state index in [0.29, 0.717) is 0 Å². The molecule has 0 saturated heterocycles. The summed E-state index contributed by atoms with van der Waals surface area (Å²) in [6.45, 7) is 0. The monoisotopic (exact) mass is 442 g/mol. The normalized spacial score (nSPS) is 19.1. The number of hydrogen-bond donors (Lipinski definition) is 1. The zero-order chi connectivity index (χ0) is 20.9. The fourth-order valence-corrected chi connectivity index (χ4v) is 3.89. The van der Waals surface area contributed by atoms with Gasteiger partial charge in [-0.1, -0.05) is 18.2 Å². The van der Waals surface area contributed by atoms with Gasteiger partial charge >= 0.3 is 7.60 Å². The van der Waals surface area contributed by atoms with Gasteiger partial charge in [-0.25, -0.2) is 0 Å². The highest BCUT2D eigenvalue weighted by atomic mass is 31.2. The zero-order valence-corrected chi connectivity index (χ0v) is 17.4. The first-order chi connectivity index (χ1) is 12.3. The Hall–Kier alpha value is -0.860. The minimum absolute atomic E-state index is 0.0845. The summed E-state index contributed by atoms with van der Waals surface area (Å²) in [5.41, 5.74) is 0.00771. The second kappa shape index (κ2) is 9.56. The molecular weight excluding hydrogens is 423 g/mol. The Morgan fingerprint density at radius 3 is 1.78 bits per heavy atom. The highest BCUT2D eigenvalue weighted by Crippen LogP contribution is 2.43. The summed E-state index contributed by atoms with van der Waals surface area (Å²) in [6.07, 6.45) is -1.99. The second-order valence-electron chi connectivity index (χ2n) is 5.37. The molecule has 0 heterocycles. The van der Waals surface area contributed by atoms with Crippen LogP contribution in [0.5, 0.6) is 0 Å². The first-order valence-corrected chi connectivity index (χ1v) is 12.5. The van der Waals surface area contributed by atoms with Crippen LogP contribution in [0, 0.1) is 0 Å². The average molecular weight is 442 g/mol. The van der Waals surface area contributed by atoms with E-state index in [-0.39, 0.29) is 16.7 Å². The third-order valence-corrected chi connectivity index (χ3v) is 6.97. The van der Waals surface area contributed by atoms with Crippen molar-refractivity contribution in [1.29, 1.82) is 0 Å². The molecule has 0 aliphatic carbocycles. The fourth-order valence-electron chi connectivity index (χ4n) is 1.95. The Balaban J connectivity index is 3.32. The molecule has 0 aliphatic heterocycles. The molecule has 1 rings (SSSR count). The van der Waals surface area contributed by atoms with Crippen LogP contribution in [0.4, 0.5) is 0 Å². The van der Waals surface area contributed by atoms with Crippen LogP contribution in [0.2, 0.25) is 0 Å². The minimum Gasteiger partial charge on any atom is -0.858 e. The summed E-state index contributed by atoms with van der Waals surface area (Å²) in [6, 6.07) is 3.63. The van der Waals surface area contributed by atoms with Gasteiger partial charge in [0.15, 0.2) is 0 Å². The van der Waals surface area contributed by atoms with Crippen LogP contribution in [0.25, 0.3) is 0 Å². The number of benzene rings is 1. The maximum Gasteiger partial charge on any atom is 0.349 e. The Bertz CT molecular complexity index is 795. The average Bonchev–Trinajstić information content (AvgIpc) is 2.58. The maximum absolute atomic E-state index is 12.2. The molecule has 0 aromatic heterocycles. The van der Waals surface area contributed by atoms with Crippen LogP contribution >= 0.6 is 22.8 Å². The van der Waals surface area contributed by atoms with E-state index in [2.05, 4.69) is 18.6 Å². The highest BCUT2D eigenvalue weighted by Gasteiger charge is 2.16. The third-order valence-electron chi connectivity index (χ3n) is 3.29. The maximum atomic E-state index is 12.2. The zero-order valence-electron chi connectivity index (χ0n) is 14.8. The Kier molecular flexibility index (Phi) is 8.56. The van der Waals surface area contributed by atoms with E-state index in [9.17, 15) is 33.5 Å². The van der Waals surface area contributed by atoms with Crippen molar-refractivity contribution in [1.82, 2.24) is 0 Å². The minimum atomic E-state index is -4.25. The summed E-state index contributed by atoms with van der Waals surface area (Å²) in [5, 5.41) is 12.2. The van der Waals surface area contributed by atoms with Crippen LogP contribution in [0.3, 0.4) is 0 Å². The largest absolute Gasteiger partial charge is 0.858 e. The molecule has 27 heavy (non-hydrogen) atoms. The van der Waals surface area contributed by atoms with E-state index in [4.69, 9.17) is 0 Å². The van der Waals surface area contributed by atoms with Gasteiger partial charge in [0.25, 0.3) is 0 Å². The molecule has 1 aromatic carbocycles. The summed E-state index contributed by atoms with van der Waals surface area (Å²) >= 11 is 0. The lowest BCUT2D eigenvalue weighted by Gasteiger charge is -2.24. The van der Waals surface area contributed by atoms with E-state index < -0.39 is 47.3 Å². The lowest BCUT2D eigenvalue weighted by atomic mass is 10.1. The standard InChI is InChI=1S/C13H22NO10P3/c1-22-25(16,17)7-10-4-11(8-26(18,19)23-2)6-12(5-10)13(15)14-9-27(20,21)24-3/h4-6H,7-9H2,1-3H3,(H,14,15)(H,16,17)(H,18,19)(H,20,21)/p-3. The molecule has 11 nitrogen and oxygen atoms in total. The quantitative estimate of drug-likeness (QED) is 0.294. The molecule has 154 valence electrons. The molecule has 0 amide bonds. The lowest BCUT2D eigenvalue weighted by Crippen LogP contribution is -2.20. The van der Waals surface area contributed by atoms with E-state index in [0.717, 1.165) is 21.3 Å². The van der Waals surface area contributed by atoms with Gasteiger partial charge in [-0.3, -0.25) is 9.56 Å². The van der Waals surface area contributed by atoms with Crippen molar-refractivity contribution in [2.24, 2.45) is 4.99 Å². The van der Waals surface area contributed by atoms with Crippen LogP contribution in [0.1, 0.15) is 16.7 Å². The van der Waals surface area contributed by atoms with E-state index in [1.54, 1.807) is 0 Å². The van der Waals surface area contributed by atoms with E-state index in [1.165, 1.54) is 18.2 Å². The van der Waals surface area contributed by atoms with Gasteiger partial charge in [-0.15, -0.1) is 0 Å². The predicted octanol–water partition coefficient (Wildman–Crippen LogP) is -0.0176. The van der Waals surface area contributed by atoms with Gasteiger partial charge in [0, 0.05) is 33.7 Å². The molecule has 1 N–H and O–H groups in total. The SMILES string of the molecule is COP(=O)([O-])Cc1cc(CP(=O)([O-])OC)cc(C([O-])=NCP(=O)(O)OC)c1. The molecule has 3 unspecified atom stereocenters. The molecular formula is C13H19NO10P3-3. The van der Waals surface area contributed by atoms with Crippen LogP contribution < -0.4 is 14.9 Å². The van der Waals surface area contributed by atoms with Crippen LogP contribution in [-0.4, -0.2) is 38.4 Å². The summed E-state index contributed by atoms with van der Waals surface area (Å²) in [5.74, 6) is -0.944. The van der Waals surface area contributed by atoms with Gasteiger partial charge in [0.1, 0.15) is 21.5 Å². The topological polar surface area (TPSA) is 181 Å². The molecule has 3 atom stereocenters. The number of rotatable bonds is 10. The molecule has 0 bridgehead atoms. The fraction of sp³-hybridized carbons (Fsp3) is 0.462. The lowest BCUT2D eigenvalue weighted by molar-refractivity contribution is -0.213. The van der Waals surface area contributed by atoms with Gasteiger partial charge in [-0.05, 0) is 22.6 Å². The number of hydrogen-bond acceptors (Lipinski definition) is 10. The van der Waals surface area contributed by atoms with Gasteiger partial charge in [0.05, 0.1) is 0 Å². The van der Waals surface area contributed by atoms with Crippen LogP contribution in [-0.2, 0) is 39.6 Å². The van der Waals surface area contributed by atoms with Crippen molar-refractivity contribution >= 4 is 28.7 Å². The van der Waals surface area contributed by atoms with Crippen molar-refractivity contribution < 1.29 is 47.1 Å². The second-order valence-corrected chi connectivity index (χ2v) is 11.1. The number of aliphatic imine (C=N–C) groups is 1. The summed E-state index contributed by atoms with van der Waals surface area (Å²) in [7, 11) is -9.63. The van der Waals surface area contributed by atoms with Gasteiger partial charge < -0.3 is 42.5 Å². The van der Waals surface area contributed by atoms with Crippen molar-refractivity contribution in [3.63, 3.8) is 0 Å². The predicted molar refractivity (Wildman–Crippen MR) is 91.3 cm³/mol. The Morgan fingerprint density at radius 1 is 0.963 bits per heavy atom. The van der Waals surface area contributed by atoms with Crippen molar-refractivity contribution in [3.8, 4) is 0 Å². The first kappa shape index (κ1) is 24.2. The van der Waals surface area contributed by atoms with Crippen molar-refractivity contribution in [2.45, 2.75) is 12.3 Å². The third kappa shape index (κ3) is 8.35. The molecule has 1 aromatic rings. The van der Waals surface area contributed by atoms with Gasteiger partial charge in [-0.2, -0.15) is 0 Å². The molecule has 14 heteroatoms. The Morgan fingerprint density at radius 2 is 1.41 bits per heavy atom. The molecule has 0 aliphatic rings. The number of nitrogens with zero attached hydrogens (tertiary/aromatic N) is 1. The highest BCUT2D eigenvalue weighted by molar-refractivity contribution is 7.52. The van der Waals surface area contributed by atoms with Crippen LogP contribution in [0.15, 0.2) is 23.2 Å². The first-order valence-electron chi connectivity index (χ1n) is 7.27. The van der Waals surface area contributed by atoms with E-state index in [1.807, 2.05) is 0 Å². The van der Waals surface area contributed by atoms with Gasteiger partial charge in [0.2, 0.25) is 0 Å². The molecule has 0 spiro atoms.